The molecule has 0 radical (unpaired) electrons. The molecule has 34 heavy (non-hydrogen) atoms. The Labute approximate surface area is 208 Å². The van der Waals surface area contributed by atoms with Crippen LogP contribution in [-0.4, -0.2) is 44.7 Å². The summed E-state index contributed by atoms with van der Waals surface area (Å²) in [5.41, 5.74) is -0.742. The minimum Gasteiger partial charge on any atom is -0.396 e. The summed E-state index contributed by atoms with van der Waals surface area (Å²) in [6.07, 6.45) is 3.18. The van der Waals surface area contributed by atoms with Crippen molar-refractivity contribution in [1.29, 1.82) is 0 Å². The van der Waals surface area contributed by atoms with Crippen molar-refractivity contribution in [2.45, 2.75) is 72.3 Å². The fourth-order valence-corrected chi connectivity index (χ4v) is 7.23. The van der Waals surface area contributed by atoms with Gasteiger partial charge in [0.2, 0.25) is 11.8 Å². The first-order valence-corrected chi connectivity index (χ1v) is 13.4. The van der Waals surface area contributed by atoms with E-state index >= 15 is 0 Å². The Hall–Kier alpha value is -1.88. The number of thiazole rings is 2. The van der Waals surface area contributed by atoms with E-state index < -0.39 is 16.9 Å². The number of hydrogen-bond acceptors (Lipinski definition) is 8. The Morgan fingerprint density at radius 3 is 2.59 bits per heavy atom. The van der Waals surface area contributed by atoms with Gasteiger partial charge in [0, 0.05) is 39.6 Å². The number of hydrogen-bond donors (Lipinski definition) is 4. The van der Waals surface area contributed by atoms with E-state index in [0.717, 1.165) is 17.0 Å². The maximum Gasteiger partial charge on any atom is 0.231 e. The van der Waals surface area contributed by atoms with Crippen LogP contribution >= 0.6 is 22.7 Å². The molecule has 2 aromatic rings. The lowest BCUT2D eigenvalue weighted by Crippen LogP contribution is -2.57. The number of anilines is 2. The Balaban J connectivity index is 1.72. The number of carbonyl (C=O) groups excluding carboxylic acids is 2. The third kappa shape index (κ3) is 4.41. The predicted octanol–water partition coefficient (Wildman–Crippen LogP) is 4.03. The first-order chi connectivity index (χ1) is 15.9. The molecule has 2 aliphatic carbocycles. The average molecular weight is 507 g/mol. The van der Waals surface area contributed by atoms with Crippen molar-refractivity contribution < 1.29 is 19.8 Å². The monoisotopic (exact) mass is 506 g/mol. The van der Waals surface area contributed by atoms with Crippen LogP contribution in [0.15, 0.2) is 11.6 Å². The van der Waals surface area contributed by atoms with Crippen molar-refractivity contribution in [3.8, 4) is 0 Å². The summed E-state index contributed by atoms with van der Waals surface area (Å²) in [6.45, 7) is 9.53. The van der Waals surface area contributed by atoms with Crippen LogP contribution in [0.2, 0.25) is 0 Å². The lowest BCUT2D eigenvalue weighted by Gasteiger charge is -2.58. The van der Waals surface area contributed by atoms with Gasteiger partial charge in [0.05, 0.1) is 18.4 Å². The van der Waals surface area contributed by atoms with E-state index in [1.54, 1.807) is 6.20 Å². The van der Waals surface area contributed by atoms with Crippen LogP contribution < -0.4 is 10.6 Å². The first kappa shape index (κ1) is 25.2. The molecule has 2 amide bonds. The van der Waals surface area contributed by atoms with E-state index in [4.69, 9.17) is 4.98 Å². The summed E-state index contributed by atoms with van der Waals surface area (Å²) in [6, 6.07) is 0. The van der Waals surface area contributed by atoms with E-state index in [9.17, 15) is 19.8 Å². The molecule has 10 heteroatoms. The molecule has 0 aliphatic heterocycles. The second-order valence-electron chi connectivity index (χ2n) is 11.2. The highest BCUT2D eigenvalue weighted by Gasteiger charge is 2.59. The topological polar surface area (TPSA) is 124 Å². The molecule has 1 saturated carbocycles. The minimum absolute atomic E-state index is 0.0365. The zero-order chi connectivity index (χ0) is 24.9. The molecule has 2 aliphatic rings. The van der Waals surface area contributed by atoms with Gasteiger partial charge >= 0.3 is 0 Å². The highest BCUT2D eigenvalue weighted by molar-refractivity contribution is 7.16. The van der Waals surface area contributed by atoms with Gasteiger partial charge in [0.25, 0.3) is 0 Å². The van der Waals surface area contributed by atoms with E-state index in [0.29, 0.717) is 23.1 Å². The van der Waals surface area contributed by atoms with Gasteiger partial charge in [-0.05, 0) is 30.6 Å². The first-order valence-electron chi connectivity index (χ1n) is 11.7. The third-order valence-corrected chi connectivity index (χ3v) is 9.56. The predicted molar refractivity (Wildman–Crippen MR) is 134 cm³/mol. The van der Waals surface area contributed by atoms with Crippen LogP contribution in [0.3, 0.4) is 0 Å². The fourth-order valence-electron chi connectivity index (χ4n) is 5.62. The van der Waals surface area contributed by atoms with Crippen LogP contribution in [0.25, 0.3) is 0 Å². The van der Waals surface area contributed by atoms with Gasteiger partial charge in [0.15, 0.2) is 10.3 Å². The number of nitrogens with zero attached hydrogens (tertiary/aromatic N) is 2. The van der Waals surface area contributed by atoms with Gasteiger partial charge in [0.1, 0.15) is 0 Å². The molecule has 8 nitrogen and oxygen atoms in total. The molecule has 0 aromatic carbocycles. The molecule has 2 heterocycles. The van der Waals surface area contributed by atoms with Crippen LogP contribution in [-0.2, 0) is 16.0 Å². The number of fused-ring (bicyclic) bond motifs is 2. The van der Waals surface area contributed by atoms with Gasteiger partial charge in [-0.15, -0.1) is 22.7 Å². The Morgan fingerprint density at radius 1 is 1.24 bits per heavy atom. The van der Waals surface area contributed by atoms with Crippen LogP contribution in [0, 0.1) is 22.2 Å². The Kier molecular flexibility index (Phi) is 6.65. The largest absolute Gasteiger partial charge is 0.396 e. The molecule has 0 spiro atoms. The maximum atomic E-state index is 13.1. The van der Waals surface area contributed by atoms with Gasteiger partial charge in [-0.3, -0.25) is 9.59 Å². The molecule has 0 saturated heterocycles. The van der Waals surface area contributed by atoms with E-state index in [-0.39, 0.29) is 42.1 Å². The van der Waals surface area contributed by atoms with Crippen molar-refractivity contribution in [1.82, 2.24) is 9.97 Å². The number of aromatic nitrogens is 2. The van der Waals surface area contributed by atoms with E-state index in [2.05, 4.69) is 22.5 Å². The molecule has 5 atom stereocenters. The van der Waals surface area contributed by atoms with Crippen molar-refractivity contribution in [2.75, 3.05) is 17.2 Å². The summed E-state index contributed by atoms with van der Waals surface area (Å²) in [4.78, 5) is 35.7. The third-order valence-electron chi connectivity index (χ3n) is 7.86. The normalized spacial score (nSPS) is 30.9. The second kappa shape index (κ2) is 8.96. The average Bonchev–Trinajstić information content (AvgIpc) is 3.41. The second-order valence-corrected chi connectivity index (χ2v) is 13.1. The van der Waals surface area contributed by atoms with E-state index in [1.165, 1.54) is 22.7 Å². The van der Waals surface area contributed by atoms with Crippen molar-refractivity contribution in [3.05, 3.63) is 22.1 Å². The summed E-state index contributed by atoms with van der Waals surface area (Å²) in [5, 5.41) is 30.0. The van der Waals surface area contributed by atoms with Crippen LogP contribution in [0.4, 0.5) is 10.3 Å². The molecule has 1 fully saturated rings. The SMILES string of the molecule is CC(C)(C)C(=O)Nc1nc2c(s1)CC1C(C)(CO)C(O)CCC1(C)C2CC(=O)Nc1nccs1. The smallest absolute Gasteiger partial charge is 0.231 e. The number of aliphatic hydroxyl groups excluding tert-OH is 2. The van der Waals surface area contributed by atoms with E-state index in [1.807, 2.05) is 33.1 Å². The molecule has 5 unspecified atom stereocenters. The number of rotatable bonds is 5. The fraction of sp³-hybridized carbons (Fsp3) is 0.667. The standard InChI is InChI=1S/C24H34N4O4S2/c1-22(2,3)19(32)28-21-27-18-13(10-17(31)26-20-25-8-9-33-20)23(4)7-6-16(30)24(5,12-29)15(23)11-14(18)34-21/h8-9,13,15-16,29-30H,6-7,10-12H2,1-5H3,(H,25,26,31)(H,27,28,32). The molecular weight excluding hydrogens is 472 g/mol. The van der Waals surface area contributed by atoms with Crippen molar-refractivity contribution >= 4 is 44.8 Å². The summed E-state index contributed by atoms with van der Waals surface area (Å²) >= 11 is 2.80. The molecule has 4 rings (SSSR count). The number of amides is 2. The zero-order valence-electron chi connectivity index (χ0n) is 20.3. The highest BCUT2D eigenvalue weighted by atomic mass is 32.1. The molecule has 186 valence electrons. The molecule has 2 aromatic heterocycles. The van der Waals surface area contributed by atoms with Crippen molar-refractivity contribution in [2.24, 2.45) is 22.2 Å². The molecule has 0 bridgehead atoms. The van der Waals surface area contributed by atoms with Gasteiger partial charge < -0.3 is 20.8 Å². The Bertz CT molecular complexity index is 1060. The van der Waals surface area contributed by atoms with Crippen LogP contribution in [0.1, 0.15) is 70.4 Å². The number of nitrogens with one attached hydrogen (secondary N) is 2. The number of aliphatic hydroxyl groups is 2. The van der Waals surface area contributed by atoms with Gasteiger partial charge in [-0.25, -0.2) is 9.97 Å². The lowest BCUT2D eigenvalue weighted by molar-refractivity contribution is -0.143. The minimum atomic E-state index is -0.687. The number of carbonyl (C=O) groups is 2. The van der Waals surface area contributed by atoms with Crippen LogP contribution in [0.5, 0.6) is 0 Å². The quantitative estimate of drug-likeness (QED) is 0.485. The zero-order valence-corrected chi connectivity index (χ0v) is 22.0. The van der Waals surface area contributed by atoms with Gasteiger partial charge in [-0.1, -0.05) is 34.6 Å². The lowest BCUT2D eigenvalue weighted by atomic mass is 9.47. The Morgan fingerprint density at radius 2 is 1.97 bits per heavy atom. The summed E-state index contributed by atoms with van der Waals surface area (Å²) in [7, 11) is 0. The maximum absolute atomic E-state index is 13.1. The van der Waals surface area contributed by atoms with Gasteiger partial charge in [-0.2, -0.15) is 0 Å². The summed E-state index contributed by atoms with van der Waals surface area (Å²) in [5.74, 6) is -0.504. The summed E-state index contributed by atoms with van der Waals surface area (Å²) < 4.78 is 0. The molecular formula is C24H34N4O4S2. The van der Waals surface area contributed by atoms with Crippen molar-refractivity contribution in [3.63, 3.8) is 0 Å². The molecule has 4 N–H and O–H groups in total. The highest BCUT2D eigenvalue weighted by Crippen LogP contribution is 2.62.